The third-order valence-electron chi connectivity index (χ3n) is 5.90. The van der Waals surface area contributed by atoms with Crippen LogP contribution < -0.4 is 10.4 Å². The molecule has 5 rings (SSSR count). The van der Waals surface area contributed by atoms with E-state index in [1.54, 1.807) is 10.8 Å². The molecular weight excluding hydrogens is 356 g/mol. The lowest BCUT2D eigenvalue weighted by atomic mass is 9.93. The Bertz CT molecular complexity index is 913. The van der Waals surface area contributed by atoms with Gasteiger partial charge in [-0.2, -0.15) is 4.98 Å². The molecule has 6 heteroatoms. The smallest absolute Gasteiger partial charge is 0.348 e. The van der Waals surface area contributed by atoms with Crippen LogP contribution in [0.25, 0.3) is 11.3 Å². The van der Waals surface area contributed by atoms with Crippen molar-refractivity contribution in [2.75, 3.05) is 26.4 Å². The Hall–Kier alpha value is -2.18. The van der Waals surface area contributed by atoms with E-state index in [0.29, 0.717) is 38.7 Å². The average molecular weight is 382 g/mol. The van der Waals surface area contributed by atoms with Crippen molar-refractivity contribution in [1.29, 1.82) is 0 Å². The Morgan fingerprint density at radius 2 is 2.18 bits per heavy atom. The van der Waals surface area contributed by atoms with E-state index in [-0.39, 0.29) is 11.8 Å². The molecule has 28 heavy (non-hydrogen) atoms. The van der Waals surface area contributed by atoms with Crippen LogP contribution in [0.1, 0.15) is 30.4 Å². The molecule has 0 unspecified atom stereocenters. The van der Waals surface area contributed by atoms with Gasteiger partial charge in [-0.25, -0.2) is 4.79 Å². The summed E-state index contributed by atoms with van der Waals surface area (Å²) >= 11 is 0. The van der Waals surface area contributed by atoms with E-state index in [9.17, 15) is 4.79 Å². The van der Waals surface area contributed by atoms with Gasteiger partial charge in [-0.3, -0.25) is 4.57 Å². The Labute approximate surface area is 164 Å². The van der Waals surface area contributed by atoms with Crippen LogP contribution in [0.2, 0.25) is 0 Å². The number of ether oxygens (including phenoxy) is 3. The first-order valence-corrected chi connectivity index (χ1v) is 10.3. The van der Waals surface area contributed by atoms with E-state index in [1.807, 2.05) is 0 Å². The van der Waals surface area contributed by atoms with Crippen LogP contribution in [0.5, 0.6) is 5.75 Å². The summed E-state index contributed by atoms with van der Waals surface area (Å²) in [5, 5.41) is 0. The summed E-state index contributed by atoms with van der Waals surface area (Å²) in [5.41, 5.74) is 4.39. The lowest BCUT2D eigenvalue weighted by molar-refractivity contribution is -0.101. The highest BCUT2D eigenvalue weighted by Crippen LogP contribution is 2.37. The van der Waals surface area contributed by atoms with E-state index in [0.717, 1.165) is 30.0 Å². The maximum atomic E-state index is 12.3. The Morgan fingerprint density at radius 3 is 3.00 bits per heavy atom. The molecule has 1 aliphatic carbocycles. The molecule has 148 valence electrons. The summed E-state index contributed by atoms with van der Waals surface area (Å²) < 4.78 is 18.9. The number of nitrogens with zero attached hydrogens (tertiary/aromatic N) is 2. The van der Waals surface area contributed by atoms with Gasteiger partial charge >= 0.3 is 5.69 Å². The predicted octanol–water partition coefficient (Wildman–Crippen LogP) is 2.60. The minimum atomic E-state index is -0.219. The van der Waals surface area contributed by atoms with Crippen molar-refractivity contribution < 1.29 is 14.2 Å². The van der Waals surface area contributed by atoms with Gasteiger partial charge in [0, 0.05) is 12.1 Å². The van der Waals surface area contributed by atoms with Gasteiger partial charge in [-0.15, -0.1) is 0 Å². The Balaban J connectivity index is 1.41. The fourth-order valence-corrected chi connectivity index (χ4v) is 4.13. The van der Waals surface area contributed by atoms with Crippen LogP contribution in [0, 0.1) is 5.92 Å². The normalized spacial score (nSPS) is 21.1. The third kappa shape index (κ3) is 3.71. The SMILES string of the molecule is O=c1ncc(OC[C@H]2COCCO2)c2n1CCc1cc(CCC3CC3)ccc1-2. The lowest BCUT2D eigenvalue weighted by Crippen LogP contribution is -2.34. The molecule has 3 heterocycles. The molecule has 0 bridgehead atoms. The molecule has 2 aliphatic heterocycles. The van der Waals surface area contributed by atoms with E-state index in [2.05, 4.69) is 23.2 Å². The van der Waals surface area contributed by atoms with Crippen molar-refractivity contribution in [2.24, 2.45) is 5.92 Å². The quantitative estimate of drug-likeness (QED) is 0.769. The number of fused-ring (bicyclic) bond motifs is 3. The topological polar surface area (TPSA) is 62.6 Å². The summed E-state index contributed by atoms with van der Waals surface area (Å²) in [5.74, 6) is 1.58. The van der Waals surface area contributed by atoms with Crippen LogP contribution in [-0.4, -0.2) is 42.1 Å². The van der Waals surface area contributed by atoms with E-state index in [4.69, 9.17) is 14.2 Å². The summed E-state index contributed by atoms with van der Waals surface area (Å²) in [4.78, 5) is 16.3. The summed E-state index contributed by atoms with van der Waals surface area (Å²) in [7, 11) is 0. The van der Waals surface area contributed by atoms with Crippen molar-refractivity contribution in [2.45, 2.75) is 44.8 Å². The van der Waals surface area contributed by atoms with Crippen molar-refractivity contribution in [3.63, 3.8) is 0 Å². The molecule has 2 aromatic rings. The van der Waals surface area contributed by atoms with Gasteiger partial charge in [0.2, 0.25) is 0 Å². The second-order valence-corrected chi connectivity index (χ2v) is 8.01. The first-order valence-electron chi connectivity index (χ1n) is 10.3. The highest BCUT2D eigenvalue weighted by molar-refractivity contribution is 5.71. The van der Waals surface area contributed by atoms with Gasteiger partial charge in [0.1, 0.15) is 12.7 Å². The van der Waals surface area contributed by atoms with Gasteiger partial charge in [0.25, 0.3) is 0 Å². The molecule has 0 amide bonds. The van der Waals surface area contributed by atoms with Gasteiger partial charge in [0.05, 0.1) is 31.7 Å². The molecule has 6 nitrogen and oxygen atoms in total. The minimum absolute atomic E-state index is 0.0887. The zero-order valence-corrected chi connectivity index (χ0v) is 16.1. The fraction of sp³-hybridized carbons (Fsp3) is 0.545. The number of hydrogen-bond donors (Lipinski definition) is 0. The number of aromatic nitrogens is 2. The van der Waals surface area contributed by atoms with Crippen molar-refractivity contribution in [1.82, 2.24) is 9.55 Å². The van der Waals surface area contributed by atoms with Crippen LogP contribution in [0.15, 0.2) is 29.2 Å². The van der Waals surface area contributed by atoms with Crippen molar-refractivity contribution in [3.8, 4) is 17.0 Å². The van der Waals surface area contributed by atoms with Crippen molar-refractivity contribution >= 4 is 0 Å². The van der Waals surface area contributed by atoms with Gasteiger partial charge in [0.15, 0.2) is 5.75 Å². The van der Waals surface area contributed by atoms with E-state index >= 15 is 0 Å². The Morgan fingerprint density at radius 1 is 1.25 bits per heavy atom. The monoisotopic (exact) mass is 382 g/mol. The molecule has 3 aliphatic rings. The molecule has 0 radical (unpaired) electrons. The summed E-state index contributed by atoms with van der Waals surface area (Å²) in [6, 6.07) is 6.66. The van der Waals surface area contributed by atoms with Crippen LogP contribution in [0.4, 0.5) is 0 Å². The zero-order chi connectivity index (χ0) is 18.9. The standard InChI is InChI=1S/C22H26N2O4/c25-22-23-12-20(28-14-18-13-26-9-10-27-18)21-19-6-5-16(4-3-15-1-2-15)11-17(19)7-8-24(21)22/h5-6,11-12,15,18H,1-4,7-10,13-14H2/t18-/m1/s1. The maximum Gasteiger partial charge on any atom is 0.348 e. The molecule has 1 saturated carbocycles. The minimum Gasteiger partial charge on any atom is -0.487 e. The molecular formula is C22H26N2O4. The molecule has 1 aromatic heterocycles. The molecule has 1 saturated heterocycles. The maximum absolute atomic E-state index is 12.3. The second-order valence-electron chi connectivity index (χ2n) is 8.01. The Kier molecular flexibility index (Phi) is 4.91. The summed E-state index contributed by atoms with van der Waals surface area (Å²) in [6.07, 6.45) is 7.53. The predicted molar refractivity (Wildman–Crippen MR) is 105 cm³/mol. The molecule has 0 spiro atoms. The van der Waals surface area contributed by atoms with Crippen LogP contribution >= 0.6 is 0 Å². The third-order valence-corrected chi connectivity index (χ3v) is 5.90. The highest BCUT2D eigenvalue weighted by atomic mass is 16.6. The molecule has 1 atom stereocenters. The number of aryl methyl sites for hydroxylation is 2. The largest absolute Gasteiger partial charge is 0.487 e. The van der Waals surface area contributed by atoms with E-state index in [1.165, 1.54) is 30.4 Å². The van der Waals surface area contributed by atoms with Gasteiger partial charge in [-0.1, -0.05) is 31.0 Å². The summed E-state index contributed by atoms with van der Waals surface area (Å²) in [6.45, 7) is 2.78. The number of rotatable bonds is 6. The average Bonchev–Trinajstić information content (AvgIpc) is 3.57. The van der Waals surface area contributed by atoms with Crippen LogP contribution in [-0.2, 0) is 28.9 Å². The number of hydrogen-bond acceptors (Lipinski definition) is 5. The van der Waals surface area contributed by atoms with Crippen LogP contribution in [0.3, 0.4) is 0 Å². The molecule has 0 N–H and O–H groups in total. The molecule has 1 aromatic carbocycles. The van der Waals surface area contributed by atoms with Gasteiger partial charge < -0.3 is 14.2 Å². The van der Waals surface area contributed by atoms with Crippen molar-refractivity contribution in [3.05, 3.63) is 46.0 Å². The lowest BCUT2D eigenvalue weighted by Gasteiger charge is -2.26. The highest BCUT2D eigenvalue weighted by Gasteiger charge is 2.24. The fourth-order valence-electron chi connectivity index (χ4n) is 4.13. The first kappa shape index (κ1) is 17.9. The second kappa shape index (κ2) is 7.68. The van der Waals surface area contributed by atoms with E-state index < -0.39 is 0 Å². The molecule has 2 fully saturated rings. The zero-order valence-electron chi connectivity index (χ0n) is 16.1. The first-order chi connectivity index (χ1) is 13.8. The van der Waals surface area contributed by atoms with Gasteiger partial charge in [-0.05, 0) is 36.3 Å². The number of benzene rings is 1.